The van der Waals surface area contributed by atoms with E-state index < -0.39 is 0 Å². The molecule has 1 aliphatic rings. The van der Waals surface area contributed by atoms with Crippen LogP contribution in [-0.4, -0.2) is 30.9 Å². The molecule has 1 saturated heterocycles. The van der Waals surface area contributed by atoms with Gasteiger partial charge in [-0.15, -0.1) is 0 Å². The summed E-state index contributed by atoms with van der Waals surface area (Å²) in [5.74, 6) is 0. The van der Waals surface area contributed by atoms with Crippen LogP contribution >= 0.6 is 15.9 Å². The van der Waals surface area contributed by atoms with E-state index in [1.807, 2.05) is 18.2 Å². The zero-order chi connectivity index (χ0) is 12.6. The van der Waals surface area contributed by atoms with Crippen molar-refractivity contribution in [3.05, 3.63) is 35.9 Å². The fraction of sp³-hybridized carbons (Fsp3) is 0.571. The average molecular weight is 315 g/mol. The second-order valence-corrected chi connectivity index (χ2v) is 5.10. The summed E-state index contributed by atoms with van der Waals surface area (Å²) in [6, 6.07) is 10.2. The van der Waals surface area contributed by atoms with E-state index in [4.69, 9.17) is 14.2 Å². The van der Waals surface area contributed by atoms with Gasteiger partial charge in [0.15, 0.2) is 6.29 Å². The maximum Gasteiger partial charge on any atom is 0.160 e. The highest BCUT2D eigenvalue weighted by Gasteiger charge is 2.23. The van der Waals surface area contributed by atoms with Crippen molar-refractivity contribution < 1.29 is 14.2 Å². The Balaban J connectivity index is 1.72. The number of ether oxygens (including phenoxy) is 3. The third-order valence-corrected chi connectivity index (χ3v) is 3.23. The van der Waals surface area contributed by atoms with E-state index in [2.05, 4.69) is 28.1 Å². The molecule has 0 saturated carbocycles. The summed E-state index contributed by atoms with van der Waals surface area (Å²) < 4.78 is 17.0. The average Bonchev–Trinajstić information content (AvgIpc) is 2.44. The van der Waals surface area contributed by atoms with Crippen LogP contribution in [0.1, 0.15) is 18.4 Å². The van der Waals surface area contributed by atoms with Crippen molar-refractivity contribution in [2.75, 3.05) is 18.5 Å². The maximum absolute atomic E-state index is 5.91. The first-order valence-electron chi connectivity index (χ1n) is 6.33. The van der Waals surface area contributed by atoms with E-state index in [1.165, 1.54) is 5.56 Å². The molecule has 1 heterocycles. The van der Waals surface area contributed by atoms with Gasteiger partial charge in [0.25, 0.3) is 0 Å². The summed E-state index contributed by atoms with van der Waals surface area (Å²) in [5, 5.41) is 0.836. The molecule has 4 heteroatoms. The lowest BCUT2D eigenvalue weighted by Crippen LogP contribution is -2.33. The largest absolute Gasteiger partial charge is 0.373 e. The Hall–Kier alpha value is -0.420. The zero-order valence-electron chi connectivity index (χ0n) is 10.4. The highest BCUT2D eigenvalue weighted by Crippen LogP contribution is 2.19. The molecule has 0 N–H and O–H groups in total. The van der Waals surface area contributed by atoms with E-state index >= 15 is 0 Å². The summed E-state index contributed by atoms with van der Waals surface area (Å²) in [5.41, 5.74) is 1.21. The van der Waals surface area contributed by atoms with Crippen molar-refractivity contribution >= 4 is 15.9 Å². The van der Waals surface area contributed by atoms with Gasteiger partial charge in [-0.2, -0.15) is 0 Å². The Labute approximate surface area is 117 Å². The Bertz CT molecular complexity index is 331. The molecule has 2 atom stereocenters. The number of alkyl halides is 1. The number of halogens is 1. The molecule has 0 aliphatic carbocycles. The van der Waals surface area contributed by atoms with Gasteiger partial charge in [-0.25, -0.2) is 0 Å². The molecular formula is C14H19BrO3. The second-order valence-electron chi connectivity index (χ2n) is 4.30. The van der Waals surface area contributed by atoms with Gasteiger partial charge in [-0.05, 0) is 12.0 Å². The molecule has 1 aromatic rings. The van der Waals surface area contributed by atoms with Crippen LogP contribution in [0.4, 0.5) is 0 Å². The minimum atomic E-state index is -0.114. The summed E-state index contributed by atoms with van der Waals surface area (Å²) in [4.78, 5) is 0. The Kier molecular flexibility index (Phi) is 6.14. The van der Waals surface area contributed by atoms with E-state index in [0.29, 0.717) is 19.8 Å². The lowest BCUT2D eigenvalue weighted by molar-refractivity contribution is -0.191. The van der Waals surface area contributed by atoms with Crippen LogP contribution in [0.3, 0.4) is 0 Å². The minimum absolute atomic E-state index is 0.114. The molecule has 100 valence electrons. The zero-order valence-corrected chi connectivity index (χ0v) is 12.0. The Morgan fingerprint density at radius 2 is 2.06 bits per heavy atom. The van der Waals surface area contributed by atoms with Crippen molar-refractivity contribution in [3.8, 4) is 0 Å². The summed E-state index contributed by atoms with van der Waals surface area (Å²) in [6.45, 7) is 2.05. The standard InChI is InChI=1S/C14H19BrO3/c15-7-9-17-14-10-13(6-8-16-14)18-11-12-4-2-1-3-5-12/h1-5,13-14H,6-11H2/t13-,14+/m0/s1. The van der Waals surface area contributed by atoms with E-state index in [-0.39, 0.29) is 12.4 Å². The van der Waals surface area contributed by atoms with Crippen LogP contribution in [0.2, 0.25) is 0 Å². The first kappa shape index (κ1) is 14.0. The summed E-state index contributed by atoms with van der Waals surface area (Å²) in [7, 11) is 0. The number of hydrogen-bond acceptors (Lipinski definition) is 3. The molecule has 0 radical (unpaired) electrons. The van der Waals surface area contributed by atoms with Gasteiger partial charge in [-0.3, -0.25) is 0 Å². The lowest BCUT2D eigenvalue weighted by Gasteiger charge is -2.29. The van der Waals surface area contributed by atoms with E-state index in [0.717, 1.165) is 18.2 Å². The minimum Gasteiger partial charge on any atom is -0.373 e. The highest BCUT2D eigenvalue weighted by molar-refractivity contribution is 9.09. The number of hydrogen-bond donors (Lipinski definition) is 0. The highest BCUT2D eigenvalue weighted by atomic mass is 79.9. The van der Waals surface area contributed by atoms with Gasteiger partial charge in [-0.1, -0.05) is 46.3 Å². The third-order valence-electron chi connectivity index (χ3n) is 2.91. The molecule has 1 fully saturated rings. The fourth-order valence-corrected chi connectivity index (χ4v) is 2.15. The molecule has 0 amide bonds. The smallest absolute Gasteiger partial charge is 0.160 e. The molecule has 0 spiro atoms. The van der Waals surface area contributed by atoms with Gasteiger partial charge < -0.3 is 14.2 Å². The van der Waals surface area contributed by atoms with Crippen LogP contribution in [0.25, 0.3) is 0 Å². The van der Waals surface area contributed by atoms with E-state index in [1.54, 1.807) is 0 Å². The van der Waals surface area contributed by atoms with Gasteiger partial charge in [0.2, 0.25) is 0 Å². The molecule has 1 aromatic carbocycles. The lowest BCUT2D eigenvalue weighted by atomic mass is 10.1. The van der Waals surface area contributed by atoms with Crippen molar-refractivity contribution in [2.24, 2.45) is 0 Å². The second kappa shape index (κ2) is 7.89. The molecule has 0 unspecified atom stereocenters. The van der Waals surface area contributed by atoms with Crippen molar-refractivity contribution in [1.29, 1.82) is 0 Å². The van der Waals surface area contributed by atoms with Gasteiger partial charge >= 0.3 is 0 Å². The molecule has 0 aromatic heterocycles. The SMILES string of the molecule is BrCCO[C@@H]1C[C@@H](OCc2ccccc2)CCO1. The monoisotopic (exact) mass is 314 g/mol. The Morgan fingerprint density at radius 1 is 1.22 bits per heavy atom. The first-order chi connectivity index (χ1) is 8.88. The van der Waals surface area contributed by atoms with E-state index in [9.17, 15) is 0 Å². The van der Waals surface area contributed by atoms with Gasteiger partial charge in [0, 0.05) is 11.8 Å². The predicted octanol–water partition coefficient (Wildman–Crippen LogP) is 3.12. The summed E-state index contributed by atoms with van der Waals surface area (Å²) >= 11 is 3.34. The van der Waals surface area contributed by atoms with Crippen LogP contribution in [0.5, 0.6) is 0 Å². The van der Waals surface area contributed by atoms with Crippen LogP contribution in [0.15, 0.2) is 30.3 Å². The molecular weight excluding hydrogens is 296 g/mol. The number of rotatable bonds is 6. The van der Waals surface area contributed by atoms with Crippen LogP contribution in [-0.2, 0) is 20.8 Å². The summed E-state index contributed by atoms with van der Waals surface area (Å²) in [6.07, 6.45) is 1.89. The predicted molar refractivity (Wildman–Crippen MR) is 73.7 cm³/mol. The normalized spacial score (nSPS) is 24.1. The number of benzene rings is 1. The molecule has 18 heavy (non-hydrogen) atoms. The van der Waals surface area contributed by atoms with Gasteiger partial charge in [0.1, 0.15) is 0 Å². The Morgan fingerprint density at radius 3 is 2.83 bits per heavy atom. The molecule has 2 rings (SSSR count). The quantitative estimate of drug-likeness (QED) is 0.755. The fourth-order valence-electron chi connectivity index (χ4n) is 1.96. The molecule has 3 nitrogen and oxygen atoms in total. The van der Waals surface area contributed by atoms with Crippen molar-refractivity contribution in [3.63, 3.8) is 0 Å². The van der Waals surface area contributed by atoms with Crippen molar-refractivity contribution in [2.45, 2.75) is 31.8 Å². The molecule has 0 bridgehead atoms. The molecule has 1 aliphatic heterocycles. The van der Waals surface area contributed by atoms with Crippen LogP contribution < -0.4 is 0 Å². The maximum atomic E-state index is 5.91. The topological polar surface area (TPSA) is 27.7 Å². The van der Waals surface area contributed by atoms with Crippen LogP contribution in [0, 0.1) is 0 Å². The first-order valence-corrected chi connectivity index (χ1v) is 7.45. The van der Waals surface area contributed by atoms with Crippen molar-refractivity contribution in [1.82, 2.24) is 0 Å². The third kappa shape index (κ3) is 4.69. The van der Waals surface area contributed by atoms with Gasteiger partial charge in [0.05, 0.1) is 25.9 Å².